The van der Waals surface area contributed by atoms with Gasteiger partial charge in [0, 0.05) is 0 Å². The highest BCUT2D eigenvalue weighted by Gasteiger charge is 1.94. The van der Waals surface area contributed by atoms with Crippen LogP contribution in [-0.2, 0) is 9.63 Å². The van der Waals surface area contributed by atoms with Crippen molar-refractivity contribution in [1.29, 1.82) is 5.41 Å². The minimum absolute atomic E-state index is 0.420. The van der Waals surface area contributed by atoms with E-state index in [-0.39, 0.29) is 0 Å². The second-order valence-electron chi connectivity index (χ2n) is 1.20. The molecule has 0 radical (unpaired) electrons. The lowest BCUT2D eigenvalue weighted by atomic mass is 10.8. The number of aliphatic carboxylic acids is 1. The molecule has 0 aliphatic rings. The quantitative estimate of drug-likeness (QED) is 0.212. The Morgan fingerprint density at radius 3 is 2.78 bits per heavy atom. The molecule has 0 aliphatic carbocycles. The molecule has 6 nitrogen and oxygen atoms in total. The van der Waals surface area contributed by atoms with Crippen LogP contribution in [0.1, 0.15) is 0 Å². The molecule has 0 saturated carbocycles. The second kappa shape index (κ2) is 3.67. The van der Waals surface area contributed by atoms with Crippen LogP contribution in [0.4, 0.5) is 0 Å². The van der Waals surface area contributed by atoms with Crippen molar-refractivity contribution < 1.29 is 14.7 Å². The summed E-state index contributed by atoms with van der Waals surface area (Å²) in [6.45, 7) is -0.514. The van der Waals surface area contributed by atoms with Crippen LogP contribution in [0.3, 0.4) is 0 Å². The van der Waals surface area contributed by atoms with Gasteiger partial charge < -0.3 is 10.8 Å². The summed E-state index contributed by atoms with van der Waals surface area (Å²) in [6.07, 6.45) is 0. The van der Waals surface area contributed by atoms with E-state index in [1.165, 1.54) is 0 Å². The number of hydrogen-bond acceptors (Lipinski definition) is 3. The van der Waals surface area contributed by atoms with Crippen molar-refractivity contribution in [2.45, 2.75) is 0 Å². The summed E-state index contributed by atoms with van der Waals surface area (Å²) < 4.78 is 0. The molecule has 5 N–H and O–H groups in total. The molecule has 0 aromatic carbocycles. The van der Waals surface area contributed by atoms with E-state index < -0.39 is 18.5 Å². The van der Waals surface area contributed by atoms with Crippen molar-refractivity contribution in [1.82, 2.24) is 5.48 Å². The summed E-state index contributed by atoms with van der Waals surface area (Å²) in [4.78, 5) is 13.9. The first-order chi connectivity index (χ1) is 4.13. The average Bonchev–Trinajstić information content (AvgIpc) is 1.63. The SMILES string of the molecule is N=C(N)NOCC(=O)O. The standard InChI is InChI=1S/C3H7N3O3/c4-3(5)6-9-1-2(7)8/h1H2,(H,7,8)(H4,4,5,6). The molecule has 0 bridgehead atoms. The molecular weight excluding hydrogens is 126 g/mol. The van der Waals surface area contributed by atoms with E-state index in [1.54, 1.807) is 0 Å². The van der Waals surface area contributed by atoms with E-state index in [4.69, 9.17) is 16.2 Å². The largest absolute Gasteiger partial charge is 0.479 e. The molecule has 0 saturated heterocycles. The number of guanidine groups is 1. The number of carboxylic acids is 1. The first kappa shape index (κ1) is 7.70. The number of hydroxylamine groups is 1. The molecule has 6 heteroatoms. The van der Waals surface area contributed by atoms with Gasteiger partial charge in [-0.25, -0.2) is 10.3 Å². The zero-order valence-corrected chi connectivity index (χ0v) is 4.55. The summed E-state index contributed by atoms with van der Waals surface area (Å²) in [6, 6.07) is 0. The van der Waals surface area contributed by atoms with Crippen LogP contribution in [0.25, 0.3) is 0 Å². The van der Waals surface area contributed by atoms with Crippen LogP contribution >= 0.6 is 0 Å². The smallest absolute Gasteiger partial charge is 0.332 e. The average molecular weight is 133 g/mol. The predicted molar refractivity (Wildman–Crippen MR) is 28.6 cm³/mol. The summed E-state index contributed by atoms with van der Waals surface area (Å²) in [5.41, 5.74) is 6.59. The normalized spacial score (nSPS) is 8.44. The Labute approximate surface area is 51.1 Å². The molecule has 0 heterocycles. The van der Waals surface area contributed by atoms with Gasteiger partial charge in [0.15, 0.2) is 6.61 Å². The van der Waals surface area contributed by atoms with Crippen LogP contribution in [0.2, 0.25) is 0 Å². The Balaban J connectivity index is 3.10. The van der Waals surface area contributed by atoms with Gasteiger partial charge in [-0.2, -0.15) is 0 Å². The van der Waals surface area contributed by atoms with Crippen molar-refractivity contribution in [3.05, 3.63) is 0 Å². The topological polar surface area (TPSA) is 108 Å². The number of carboxylic acid groups (broad SMARTS) is 1. The molecule has 0 rings (SSSR count). The van der Waals surface area contributed by atoms with Crippen LogP contribution in [0, 0.1) is 5.41 Å². The molecule has 0 aromatic heterocycles. The summed E-state index contributed by atoms with van der Waals surface area (Å²) in [5.74, 6) is -1.54. The van der Waals surface area contributed by atoms with Crippen LogP contribution < -0.4 is 11.2 Å². The van der Waals surface area contributed by atoms with Gasteiger partial charge in [-0.15, -0.1) is 0 Å². The Kier molecular flexibility index (Phi) is 3.14. The Hall–Kier alpha value is -1.30. The minimum atomic E-state index is -1.12. The molecule has 0 aromatic rings. The van der Waals surface area contributed by atoms with E-state index in [2.05, 4.69) is 4.84 Å². The number of hydrogen-bond donors (Lipinski definition) is 4. The maximum absolute atomic E-state index is 9.70. The maximum Gasteiger partial charge on any atom is 0.332 e. The van der Waals surface area contributed by atoms with Crippen molar-refractivity contribution in [2.75, 3.05) is 6.61 Å². The lowest BCUT2D eigenvalue weighted by molar-refractivity contribution is -0.143. The van der Waals surface area contributed by atoms with Gasteiger partial charge in [0.2, 0.25) is 5.96 Å². The third kappa shape index (κ3) is 6.70. The highest BCUT2D eigenvalue weighted by Crippen LogP contribution is 1.64. The Morgan fingerprint density at radius 2 is 2.44 bits per heavy atom. The van der Waals surface area contributed by atoms with Gasteiger partial charge in [-0.1, -0.05) is 0 Å². The van der Waals surface area contributed by atoms with Crippen LogP contribution in [0.15, 0.2) is 0 Å². The van der Waals surface area contributed by atoms with Gasteiger partial charge in [0.25, 0.3) is 0 Å². The van der Waals surface area contributed by atoms with Crippen molar-refractivity contribution >= 4 is 11.9 Å². The predicted octanol–water partition coefficient (Wildman–Crippen LogP) is -1.51. The fourth-order valence-corrected chi connectivity index (χ4v) is 0.176. The van der Waals surface area contributed by atoms with Gasteiger partial charge in [-0.05, 0) is 0 Å². The molecule has 0 aliphatic heterocycles. The number of carbonyl (C=O) groups is 1. The highest BCUT2D eigenvalue weighted by molar-refractivity contribution is 5.73. The van der Waals surface area contributed by atoms with E-state index in [0.29, 0.717) is 0 Å². The second-order valence-corrected chi connectivity index (χ2v) is 1.20. The van der Waals surface area contributed by atoms with Gasteiger partial charge in [0.05, 0.1) is 0 Å². The van der Waals surface area contributed by atoms with Crippen molar-refractivity contribution in [3.63, 3.8) is 0 Å². The Bertz CT molecular complexity index is 109. The first-order valence-electron chi connectivity index (χ1n) is 2.06. The monoisotopic (exact) mass is 133 g/mol. The third-order valence-electron chi connectivity index (χ3n) is 0.378. The lowest BCUT2D eigenvalue weighted by Gasteiger charge is -1.99. The van der Waals surface area contributed by atoms with E-state index in [0.717, 1.165) is 0 Å². The Morgan fingerprint density at radius 1 is 1.89 bits per heavy atom. The fourth-order valence-electron chi connectivity index (χ4n) is 0.176. The number of nitrogens with one attached hydrogen (secondary N) is 2. The summed E-state index contributed by atoms with van der Waals surface area (Å²) >= 11 is 0. The van der Waals surface area contributed by atoms with Gasteiger partial charge in [0.1, 0.15) is 0 Å². The fraction of sp³-hybridized carbons (Fsp3) is 0.333. The highest BCUT2D eigenvalue weighted by atomic mass is 16.7. The summed E-state index contributed by atoms with van der Waals surface area (Å²) in [7, 11) is 0. The molecule has 0 amide bonds. The molecule has 9 heavy (non-hydrogen) atoms. The maximum atomic E-state index is 9.70. The molecule has 0 fully saturated rings. The summed E-state index contributed by atoms with van der Waals surface area (Å²) in [5, 5.41) is 14.4. The van der Waals surface area contributed by atoms with E-state index in [1.807, 2.05) is 5.48 Å². The molecule has 0 unspecified atom stereocenters. The van der Waals surface area contributed by atoms with Crippen molar-refractivity contribution in [3.8, 4) is 0 Å². The van der Waals surface area contributed by atoms with Crippen molar-refractivity contribution in [2.24, 2.45) is 5.73 Å². The van der Waals surface area contributed by atoms with Gasteiger partial charge >= 0.3 is 5.97 Å². The first-order valence-corrected chi connectivity index (χ1v) is 2.06. The molecule has 0 atom stereocenters. The molecular formula is C3H7N3O3. The van der Waals surface area contributed by atoms with E-state index in [9.17, 15) is 4.79 Å². The zero-order valence-electron chi connectivity index (χ0n) is 4.55. The number of rotatable bonds is 3. The van der Waals surface area contributed by atoms with Crippen LogP contribution in [0.5, 0.6) is 0 Å². The molecule has 52 valence electrons. The lowest BCUT2D eigenvalue weighted by Crippen LogP contribution is -2.32. The zero-order chi connectivity index (χ0) is 7.28. The minimum Gasteiger partial charge on any atom is -0.479 e. The third-order valence-corrected chi connectivity index (χ3v) is 0.378. The number of nitrogens with two attached hydrogens (primary N) is 1. The van der Waals surface area contributed by atoms with Crippen LogP contribution in [-0.4, -0.2) is 23.6 Å². The molecule has 0 spiro atoms. The van der Waals surface area contributed by atoms with Gasteiger partial charge in [-0.3, -0.25) is 10.2 Å². The van der Waals surface area contributed by atoms with E-state index >= 15 is 0 Å².